The standard InChI is InChI=1S/C16H11ClN4O2/c1-22-11-3-2-4-12(8-11)23-16-15-20-18-9-21(15)14-7-10(17)5-6-13(14)19-16/h2-9H,1H3. The van der Waals surface area contributed by atoms with Gasteiger partial charge in [-0.1, -0.05) is 17.7 Å². The number of benzene rings is 2. The van der Waals surface area contributed by atoms with Gasteiger partial charge in [0.2, 0.25) is 5.65 Å². The summed E-state index contributed by atoms with van der Waals surface area (Å²) in [4.78, 5) is 4.52. The lowest BCUT2D eigenvalue weighted by Crippen LogP contribution is -1.96. The topological polar surface area (TPSA) is 61.5 Å². The van der Waals surface area contributed by atoms with Crippen LogP contribution < -0.4 is 9.47 Å². The van der Waals surface area contributed by atoms with E-state index in [1.807, 2.05) is 30.3 Å². The first kappa shape index (κ1) is 13.8. The molecule has 0 atom stereocenters. The number of halogens is 1. The molecule has 0 fully saturated rings. The van der Waals surface area contributed by atoms with Crippen LogP contribution in [0.15, 0.2) is 48.8 Å². The van der Waals surface area contributed by atoms with E-state index in [1.54, 1.807) is 30.0 Å². The molecule has 2 aromatic heterocycles. The van der Waals surface area contributed by atoms with Crippen molar-refractivity contribution in [1.29, 1.82) is 0 Å². The van der Waals surface area contributed by atoms with Gasteiger partial charge in [-0.3, -0.25) is 4.40 Å². The number of nitrogens with zero attached hydrogens (tertiary/aromatic N) is 4. The van der Waals surface area contributed by atoms with Gasteiger partial charge in [-0.25, -0.2) is 4.98 Å². The molecule has 2 aromatic carbocycles. The third-order valence-corrected chi connectivity index (χ3v) is 3.65. The molecule has 23 heavy (non-hydrogen) atoms. The van der Waals surface area contributed by atoms with E-state index in [2.05, 4.69) is 15.2 Å². The zero-order chi connectivity index (χ0) is 15.8. The van der Waals surface area contributed by atoms with Gasteiger partial charge in [-0.15, -0.1) is 10.2 Å². The van der Waals surface area contributed by atoms with Gasteiger partial charge in [0.25, 0.3) is 5.88 Å². The number of rotatable bonds is 3. The highest BCUT2D eigenvalue weighted by Gasteiger charge is 2.13. The van der Waals surface area contributed by atoms with E-state index < -0.39 is 0 Å². The Labute approximate surface area is 136 Å². The molecule has 0 saturated heterocycles. The lowest BCUT2D eigenvalue weighted by molar-refractivity contribution is 0.408. The quantitative estimate of drug-likeness (QED) is 0.574. The van der Waals surface area contributed by atoms with Gasteiger partial charge in [0.05, 0.1) is 18.1 Å². The summed E-state index contributed by atoms with van der Waals surface area (Å²) in [5.41, 5.74) is 2.07. The Kier molecular flexibility index (Phi) is 3.24. The molecule has 0 aliphatic heterocycles. The number of hydrogen-bond acceptors (Lipinski definition) is 5. The Morgan fingerprint density at radius 3 is 2.83 bits per heavy atom. The summed E-state index contributed by atoms with van der Waals surface area (Å²) in [6, 6.07) is 12.7. The molecule has 0 aliphatic rings. The predicted molar refractivity (Wildman–Crippen MR) is 86.4 cm³/mol. The first-order valence-corrected chi connectivity index (χ1v) is 7.23. The van der Waals surface area contributed by atoms with Gasteiger partial charge in [0.15, 0.2) is 0 Å². The molecule has 0 saturated carbocycles. The predicted octanol–water partition coefficient (Wildman–Crippen LogP) is 3.73. The summed E-state index contributed by atoms with van der Waals surface area (Å²) in [6.07, 6.45) is 1.61. The number of fused-ring (bicyclic) bond motifs is 3. The monoisotopic (exact) mass is 326 g/mol. The van der Waals surface area contributed by atoms with Crippen molar-refractivity contribution in [2.24, 2.45) is 0 Å². The summed E-state index contributed by atoms with van der Waals surface area (Å²) < 4.78 is 12.9. The average molecular weight is 327 g/mol. The lowest BCUT2D eigenvalue weighted by Gasteiger charge is -2.09. The molecule has 4 rings (SSSR count). The molecule has 0 amide bonds. The van der Waals surface area contributed by atoms with E-state index in [0.29, 0.717) is 28.0 Å². The molecule has 0 bridgehead atoms. The molecule has 7 heteroatoms. The number of hydrogen-bond donors (Lipinski definition) is 0. The highest BCUT2D eigenvalue weighted by molar-refractivity contribution is 6.31. The van der Waals surface area contributed by atoms with Crippen LogP contribution in [0.1, 0.15) is 0 Å². The summed E-state index contributed by atoms with van der Waals surface area (Å²) in [6.45, 7) is 0. The molecule has 6 nitrogen and oxygen atoms in total. The summed E-state index contributed by atoms with van der Waals surface area (Å²) in [5, 5.41) is 8.65. The van der Waals surface area contributed by atoms with Crippen molar-refractivity contribution in [2.45, 2.75) is 0 Å². The van der Waals surface area contributed by atoms with Crippen molar-refractivity contribution in [2.75, 3.05) is 7.11 Å². The van der Waals surface area contributed by atoms with Gasteiger partial charge in [-0.2, -0.15) is 0 Å². The fourth-order valence-corrected chi connectivity index (χ4v) is 2.51. The van der Waals surface area contributed by atoms with E-state index in [1.165, 1.54) is 0 Å². The van der Waals surface area contributed by atoms with Crippen LogP contribution in [0.5, 0.6) is 17.4 Å². The molecule has 0 spiro atoms. The van der Waals surface area contributed by atoms with E-state index in [4.69, 9.17) is 21.1 Å². The smallest absolute Gasteiger partial charge is 0.266 e. The Morgan fingerprint density at radius 2 is 1.96 bits per heavy atom. The molecule has 2 heterocycles. The molecular weight excluding hydrogens is 316 g/mol. The lowest BCUT2D eigenvalue weighted by atomic mass is 10.3. The summed E-state index contributed by atoms with van der Waals surface area (Å²) in [7, 11) is 1.61. The molecule has 0 N–H and O–H groups in total. The maximum absolute atomic E-state index is 6.06. The molecule has 0 radical (unpaired) electrons. The minimum atomic E-state index is 0.366. The van der Waals surface area contributed by atoms with E-state index in [0.717, 1.165) is 11.0 Å². The van der Waals surface area contributed by atoms with Crippen LogP contribution >= 0.6 is 11.6 Å². The zero-order valence-electron chi connectivity index (χ0n) is 12.1. The van der Waals surface area contributed by atoms with Crippen molar-refractivity contribution in [1.82, 2.24) is 19.6 Å². The third kappa shape index (κ3) is 2.43. The second-order valence-corrected chi connectivity index (χ2v) is 5.29. The Balaban J connectivity index is 1.88. The summed E-state index contributed by atoms with van der Waals surface area (Å²) in [5.74, 6) is 1.67. The first-order valence-electron chi connectivity index (χ1n) is 6.85. The van der Waals surface area contributed by atoms with Crippen LogP contribution in [0.2, 0.25) is 5.02 Å². The fourth-order valence-electron chi connectivity index (χ4n) is 2.35. The third-order valence-electron chi connectivity index (χ3n) is 3.41. The van der Waals surface area contributed by atoms with Crippen molar-refractivity contribution < 1.29 is 9.47 Å². The molecule has 4 aromatic rings. The maximum atomic E-state index is 6.06. The van der Waals surface area contributed by atoms with Crippen molar-refractivity contribution in [3.05, 3.63) is 53.8 Å². The van der Waals surface area contributed by atoms with Crippen LogP contribution in [-0.2, 0) is 0 Å². The van der Waals surface area contributed by atoms with E-state index in [-0.39, 0.29) is 0 Å². The largest absolute Gasteiger partial charge is 0.497 e. The molecular formula is C16H11ClN4O2. The fraction of sp³-hybridized carbons (Fsp3) is 0.0625. The van der Waals surface area contributed by atoms with Crippen molar-refractivity contribution in [3.63, 3.8) is 0 Å². The second-order valence-electron chi connectivity index (χ2n) is 4.86. The van der Waals surface area contributed by atoms with E-state index >= 15 is 0 Å². The Bertz CT molecular complexity index is 1020. The highest BCUT2D eigenvalue weighted by atomic mass is 35.5. The maximum Gasteiger partial charge on any atom is 0.266 e. The number of ether oxygens (including phenoxy) is 2. The van der Waals surface area contributed by atoms with Gasteiger partial charge >= 0.3 is 0 Å². The minimum absolute atomic E-state index is 0.366. The first-order chi connectivity index (χ1) is 11.2. The van der Waals surface area contributed by atoms with Crippen LogP contribution in [-0.4, -0.2) is 26.7 Å². The number of aromatic nitrogens is 4. The Hall–Kier alpha value is -2.86. The van der Waals surface area contributed by atoms with Crippen molar-refractivity contribution in [3.8, 4) is 17.4 Å². The van der Waals surface area contributed by atoms with E-state index in [9.17, 15) is 0 Å². The van der Waals surface area contributed by atoms with Crippen LogP contribution in [0, 0.1) is 0 Å². The second kappa shape index (κ2) is 5.40. The van der Waals surface area contributed by atoms with Gasteiger partial charge in [0.1, 0.15) is 17.8 Å². The Morgan fingerprint density at radius 1 is 1.09 bits per heavy atom. The summed E-state index contributed by atoms with van der Waals surface area (Å²) >= 11 is 6.06. The van der Waals surface area contributed by atoms with Gasteiger partial charge in [-0.05, 0) is 30.3 Å². The zero-order valence-corrected chi connectivity index (χ0v) is 12.9. The number of methoxy groups -OCH3 is 1. The van der Waals surface area contributed by atoms with Crippen LogP contribution in [0.3, 0.4) is 0 Å². The van der Waals surface area contributed by atoms with Gasteiger partial charge in [0, 0.05) is 11.1 Å². The molecule has 0 unspecified atom stereocenters. The average Bonchev–Trinajstić information content (AvgIpc) is 3.06. The van der Waals surface area contributed by atoms with Gasteiger partial charge < -0.3 is 9.47 Å². The van der Waals surface area contributed by atoms with Crippen LogP contribution in [0.4, 0.5) is 0 Å². The minimum Gasteiger partial charge on any atom is -0.497 e. The van der Waals surface area contributed by atoms with Crippen LogP contribution in [0.25, 0.3) is 16.7 Å². The normalized spacial score (nSPS) is 11.0. The van der Waals surface area contributed by atoms with Crippen molar-refractivity contribution >= 4 is 28.3 Å². The molecule has 0 aliphatic carbocycles. The molecule has 114 valence electrons. The highest BCUT2D eigenvalue weighted by Crippen LogP contribution is 2.29. The SMILES string of the molecule is COc1cccc(Oc2nc3ccc(Cl)cc3n3cnnc23)c1.